The molecule has 4 heteroatoms. The number of carboxylic acid groups (broad SMARTS) is 1. The van der Waals surface area contributed by atoms with Gasteiger partial charge in [0, 0.05) is 13.1 Å². The van der Waals surface area contributed by atoms with Gasteiger partial charge in [0.2, 0.25) is 0 Å². The molecular weight excluding hydrogens is 156 g/mol. The van der Waals surface area contributed by atoms with Gasteiger partial charge in [-0.2, -0.15) is 0 Å². The minimum atomic E-state index is -0.808. The lowest BCUT2D eigenvalue weighted by Crippen LogP contribution is -2.44. The maximum atomic E-state index is 10.6. The van der Waals surface area contributed by atoms with Gasteiger partial charge in [-0.25, -0.2) is 4.79 Å². The molecule has 0 spiro atoms. The number of nitrogens with zero attached hydrogens (tertiary/aromatic N) is 1. The van der Waals surface area contributed by atoms with E-state index >= 15 is 0 Å². The SMILES string of the molecule is CC1CN(C(=O)O)CCC1CN. The highest BCUT2D eigenvalue weighted by Gasteiger charge is 2.27. The van der Waals surface area contributed by atoms with Gasteiger partial charge < -0.3 is 15.7 Å². The Balaban J connectivity index is 2.46. The Hall–Kier alpha value is -0.770. The molecule has 4 nitrogen and oxygen atoms in total. The van der Waals surface area contributed by atoms with Gasteiger partial charge in [0.1, 0.15) is 0 Å². The van der Waals surface area contributed by atoms with Crippen LogP contribution in [0.1, 0.15) is 13.3 Å². The zero-order valence-corrected chi connectivity index (χ0v) is 7.36. The lowest BCUT2D eigenvalue weighted by molar-refractivity contribution is 0.103. The fraction of sp³-hybridized carbons (Fsp3) is 0.875. The third kappa shape index (κ3) is 1.88. The van der Waals surface area contributed by atoms with Crippen molar-refractivity contribution in [1.82, 2.24) is 4.90 Å². The smallest absolute Gasteiger partial charge is 0.407 e. The Labute approximate surface area is 72.3 Å². The summed E-state index contributed by atoms with van der Waals surface area (Å²) in [5.74, 6) is 0.903. The lowest BCUT2D eigenvalue weighted by Gasteiger charge is -2.34. The van der Waals surface area contributed by atoms with Gasteiger partial charge in [-0.05, 0) is 24.8 Å². The molecule has 0 bridgehead atoms. The highest BCUT2D eigenvalue weighted by atomic mass is 16.4. The minimum absolute atomic E-state index is 0.403. The van der Waals surface area contributed by atoms with E-state index in [-0.39, 0.29) is 0 Å². The second-order valence-electron chi connectivity index (χ2n) is 3.49. The van der Waals surface area contributed by atoms with E-state index in [1.54, 1.807) is 0 Å². The fourth-order valence-corrected chi connectivity index (χ4v) is 1.72. The van der Waals surface area contributed by atoms with E-state index in [1.165, 1.54) is 4.90 Å². The molecule has 3 N–H and O–H groups in total. The highest BCUT2D eigenvalue weighted by molar-refractivity contribution is 5.65. The maximum absolute atomic E-state index is 10.6. The molecule has 1 aliphatic heterocycles. The molecule has 0 aliphatic carbocycles. The van der Waals surface area contributed by atoms with Crippen molar-refractivity contribution in [2.24, 2.45) is 17.6 Å². The van der Waals surface area contributed by atoms with Crippen molar-refractivity contribution in [2.45, 2.75) is 13.3 Å². The Morgan fingerprint density at radius 1 is 1.75 bits per heavy atom. The third-order valence-electron chi connectivity index (χ3n) is 2.66. The third-order valence-corrected chi connectivity index (χ3v) is 2.66. The van der Waals surface area contributed by atoms with Crippen molar-refractivity contribution in [3.8, 4) is 0 Å². The van der Waals surface area contributed by atoms with Crippen LogP contribution < -0.4 is 5.73 Å². The van der Waals surface area contributed by atoms with E-state index in [0.29, 0.717) is 31.5 Å². The number of likely N-dealkylation sites (tertiary alicyclic amines) is 1. The van der Waals surface area contributed by atoms with Crippen LogP contribution in [-0.4, -0.2) is 35.7 Å². The van der Waals surface area contributed by atoms with E-state index in [0.717, 1.165) is 6.42 Å². The number of carbonyl (C=O) groups is 1. The van der Waals surface area contributed by atoms with Crippen LogP contribution in [0.4, 0.5) is 4.79 Å². The number of hydrogen-bond acceptors (Lipinski definition) is 2. The Morgan fingerprint density at radius 3 is 2.83 bits per heavy atom. The van der Waals surface area contributed by atoms with Crippen LogP contribution in [0.15, 0.2) is 0 Å². The molecule has 1 fully saturated rings. The quantitative estimate of drug-likeness (QED) is 0.608. The van der Waals surface area contributed by atoms with E-state index < -0.39 is 6.09 Å². The van der Waals surface area contributed by atoms with Gasteiger partial charge in [-0.3, -0.25) is 0 Å². The first-order chi connectivity index (χ1) is 5.65. The fourth-order valence-electron chi connectivity index (χ4n) is 1.72. The predicted octanol–water partition coefficient (Wildman–Crippen LogP) is 0.581. The second-order valence-corrected chi connectivity index (χ2v) is 3.49. The van der Waals surface area contributed by atoms with E-state index in [4.69, 9.17) is 10.8 Å². The van der Waals surface area contributed by atoms with Crippen LogP contribution in [0.2, 0.25) is 0 Å². The van der Waals surface area contributed by atoms with Crippen LogP contribution in [0.3, 0.4) is 0 Å². The van der Waals surface area contributed by atoms with Crippen molar-refractivity contribution in [3.05, 3.63) is 0 Å². The lowest BCUT2D eigenvalue weighted by atomic mass is 9.87. The summed E-state index contributed by atoms with van der Waals surface area (Å²) < 4.78 is 0. The van der Waals surface area contributed by atoms with E-state index in [2.05, 4.69) is 6.92 Å². The van der Waals surface area contributed by atoms with Crippen molar-refractivity contribution in [1.29, 1.82) is 0 Å². The second kappa shape index (κ2) is 3.76. The number of hydrogen-bond donors (Lipinski definition) is 2. The maximum Gasteiger partial charge on any atom is 0.407 e. The molecule has 0 aromatic rings. The molecule has 12 heavy (non-hydrogen) atoms. The number of nitrogens with two attached hydrogens (primary N) is 1. The number of piperidine rings is 1. The molecule has 1 saturated heterocycles. The summed E-state index contributed by atoms with van der Waals surface area (Å²) in [5.41, 5.74) is 5.55. The van der Waals surface area contributed by atoms with Crippen LogP contribution in [0, 0.1) is 11.8 Å². The van der Waals surface area contributed by atoms with Crippen LogP contribution in [0.5, 0.6) is 0 Å². The summed E-state index contributed by atoms with van der Waals surface area (Å²) in [5, 5.41) is 8.71. The number of amides is 1. The minimum Gasteiger partial charge on any atom is -0.465 e. The first kappa shape index (κ1) is 9.32. The summed E-state index contributed by atoms with van der Waals surface area (Å²) in [6, 6.07) is 0. The van der Waals surface area contributed by atoms with Gasteiger partial charge in [0.05, 0.1) is 0 Å². The summed E-state index contributed by atoms with van der Waals surface area (Å²) >= 11 is 0. The van der Waals surface area contributed by atoms with Crippen molar-refractivity contribution < 1.29 is 9.90 Å². The molecule has 1 rings (SSSR count). The molecular formula is C8H16N2O2. The average molecular weight is 172 g/mol. The zero-order chi connectivity index (χ0) is 9.14. The number of rotatable bonds is 1. The molecule has 2 atom stereocenters. The summed E-state index contributed by atoms with van der Waals surface area (Å²) in [7, 11) is 0. The summed E-state index contributed by atoms with van der Waals surface area (Å²) in [4.78, 5) is 12.1. The molecule has 0 aromatic heterocycles. The van der Waals surface area contributed by atoms with E-state index in [1.807, 2.05) is 0 Å². The predicted molar refractivity (Wildman–Crippen MR) is 45.9 cm³/mol. The van der Waals surface area contributed by atoms with Crippen LogP contribution >= 0.6 is 0 Å². The Kier molecular flexibility index (Phi) is 2.92. The Morgan fingerprint density at radius 2 is 2.42 bits per heavy atom. The van der Waals surface area contributed by atoms with Crippen molar-refractivity contribution in [2.75, 3.05) is 19.6 Å². The first-order valence-corrected chi connectivity index (χ1v) is 4.33. The van der Waals surface area contributed by atoms with Crippen molar-refractivity contribution >= 4 is 6.09 Å². The molecule has 70 valence electrons. The molecule has 0 saturated carbocycles. The van der Waals surface area contributed by atoms with E-state index in [9.17, 15) is 4.79 Å². The highest BCUT2D eigenvalue weighted by Crippen LogP contribution is 2.21. The van der Waals surface area contributed by atoms with Crippen LogP contribution in [-0.2, 0) is 0 Å². The summed E-state index contributed by atoms with van der Waals surface area (Å²) in [6.07, 6.45) is 0.0987. The van der Waals surface area contributed by atoms with Crippen LogP contribution in [0.25, 0.3) is 0 Å². The standard InChI is InChI=1S/C8H16N2O2/c1-6-5-10(8(11)12)3-2-7(6)4-9/h6-7H,2-5,9H2,1H3,(H,11,12). The van der Waals surface area contributed by atoms with Gasteiger partial charge in [0.25, 0.3) is 0 Å². The first-order valence-electron chi connectivity index (χ1n) is 4.33. The molecule has 0 aromatic carbocycles. The topological polar surface area (TPSA) is 66.6 Å². The van der Waals surface area contributed by atoms with Gasteiger partial charge in [0.15, 0.2) is 0 Å². The molecule has 1 amide bonds. The monoisotopic (exact) mass is 172 g/mol. The van der Waals surface area contributed by atoms with Gasteiger partial charge in [-0.15, -0.1) is 0 Å². The largest absolute Gasteiger partial charge is 0.465 e. The van der Waals surface area contributed by atoms with Gasteiger partial charge in [-0.1, -0.05) is 6.92 Å². The molecule has 1 heterocycles. The summed E-state index contributed by atoms with van der Waals surface area (Å²) in [6.45, 7) is 4.01. The average Bonchev–Trinajstić information content (AvgIpc) is 2.04. The van der Waals surface area contributed by atoms with Gasteiger partial charge >= 0.3 is 6.09 Å². The normalized spacial score (nSPS) is 30.3. The molecule has 2 unspecified atom stereocenters. The molecule has 1 aliphatic rings. The zero-order valence-electron chi connectivity index (χ0n) is 7.36. The van der Waals surface area contributed by atoms with Crippen molar-refractivity contribution in [3.63, 3.8) is 0 Å². The Bertz CT molecular complexity index is 172. The molecule has 0 radical (unpaired) electrons.